The SMILES string of the molecule is Cc1nc(CCn2cncc2CNC2CC2)cs1. The van der Waals surface area contributed by atoms with Gasteiger partial charge in [0.2, 0.25) is 0 Å². The Morgan fingerprint density at radius 1 is 1.50 bits per heavy atom. The number of aromatic nitrogens is 3. The molecule has 0 amide bonds. The average molecular weight is 262 g/mol. The lowest BCUT2D eigenvalue weighted by Crippen LogP contribution is -2.18. The van der Waals surface area contributed by atoms with Crippen LogP contribution in [0.15, 0.2) is 17.9 Å². The largest absolute Gasteiger partial charge is 0.333 e. The topological polar surface area (TPSA) is 42.7 Å². The van der Waals surface area contributed by atoms with Crippen LogP contribution in [0.1, 0.15) is 29.2 Å². The zero-order valence-electron chi connectivity index (χ0n) is 10.6. The number of hydrogen-bond donors (Lipinski definition) is 1. The number of thiazole rings is 1. The van der Waals surface area contributed by atoms with Gasteiger partial charge in [-0.15, -0.1) is 11.3 Å². The Hall–Kier alpha value is -1.20. The van der Waals surface area contributed by atoms with Crippen molar-refractivity contribution in [2.24, 2.45) is 0 Å². The summed E-state index contributed by atoms with van der Waals surface area (Å²) in [5.41, 5.74) is 2.46. The minimum atomic E-state index is 0.745. The first kappa shape index (κ1) is 11.9. The maximum Gasteiger partial charge on any atom is 0.0948 e. The van der Waals surface area contributed by atoms with Crippen LogP contribution in [0, 0.1) is 6.92 Å². The Balaban J connectivity index is 1.56. The van der Waals surface area contributed by atoms with E-state index in [1.807, 2.05) is 12.5 Å². The number of rotatable bonds is 6. The summed E-state index contributed by atoms with van der Waals surface area (Å²) in [5.74, 6) is 0. The van der Waals surface area contributed by atoms with Gasteiger partial charge < -0.3 is 9.88 Å². The molecule has 0 radical (unpaired) electrons. The number of nitrogens with one attached hydrogen (secondary N) is 1. The molecule has 5 heteroatoms. The zero-order chi connectivity index (χ0) is 12.4. The van der Waals surface area contributed by atoms with Gasteiger partial charge in [0.15, 0.2) is 0 Å². The van der Waals surface area contributed by atoms with Crippen molar-refractivity contribution in [3.05, 3.63) is 34.3 Å². The van der Waals surface area contributed by atoms with Crippen LogP contribution < -0.4 is 5.32 Å². The molecule has 1 aliphatic rings. The predicted octanol–water partition coefficient (Wildman–Crippen LogP) is 2.14. The first-order valence-electron chi connectivity index (χ1n) is 6.44. The second-order valence-corrected chi connectivity index (χ2v) is 5.90. The molecule has 1 fully saturated rings. The summed E-state index contributed by atoms with van der Waals surface area (Å²) in [6, 6.07) is 0.745. The van der Waals surface area contributed by atoms with Crippen LogP contribution in [0.25, 0.3) is 0 Å². The van der Waals surface area contributed by atoms with Crippen molar-refractivity contribution >= 4 is 11.3 Å². The fourth-order valence-electron chi connectivity index (χ4n) is 1.99. The normalized spacial score (nSPS) is 15.2. The molecule has 1 N–H and O–H groups in total. The van der Waals surface area contributed by atoms with Gasteiger partial charge >= 0.3 is 0 Å². The molecule has 4 nitrogen and oxygen atoms in total. The molecule has 3 rings (SSSR count). The second-order valence-electron chi connectivity index (χ2n) is 4.84. The Morgan fingerprint density at radius 2 is 2.39 bits per heavy atom. The summed E-state index contributed by atoms with van der Waals surface area (Å²) < 4.78 is 2.23. The van der Waals surface area contributed by atoms with Crippen molar-refractivity contribution in [2.45, 2.75) is 45.3 Å². The minimum Gasteiger partial charge on any atom is -0.333 e. The van der Waals surface area contributed by atoms with Crippen molar-refractivity contribution in [3.8, 4) is 0 Å². The third-order valence-electron chi connectivity index (χ3n) is 3.22. The Labute approximate surface area is 111 Å². The zero-order valence-corrected chi connectivity index (χ0v) is 11.4. The minimum absolute atomic E-state index is 0.745. The summed E-state index contributed by atoms with van der Waals surface area (Å²) in [6.45, 7) is 3.95. The molecule has 2 aromatic rings. The highest BCUT2D eigenvalue weighted by Crippen LogP contribution is 2.19. The summed E-state index contributed by atoms with van der Waals surface area (Å²) in [5, 5.41) is 6.82. The number of aryl methyl sites for hydroxylation is 3. The van der Waals surface area contributed by atoms with Gasteiger partial charge in [0.25, 0.3) is 0 Å². The van der Waals surface area contributed by atoms with Crippen LogP contribution in [0.2, 0.25) is 0 Å². The quantitative estimate of drug-likeness (QED) is 0.867. The summed E-state index contributed by atoms with van der Waals surface area (Å²) >= 11 is 1.72. The standard InChI is InChI=1S/C13H18N4S/c1-10-16-12(8-18-10)4-5-17-9-14-6-13(17)7-15-11-2-3-11/h6,8-9,11,15H,2-5,7H2,1H3. The Morgan fingerprint density at radius 3 is 3.11 bits per heavy atom. The van der Waals surface area contributed by atoms with Crippen molar-refractivity contribution < 1.29 is 0 Å². The molecule has 0 saturated heterocycles. The van der Waals surface area contributed by atoms with Gasteiger partial charge in [0.1, 0.15) is 0 Å². The Kier molecular flexibility index (Phi) is 3.43. The third kappa shape index (κ3) is 2.97. The fourth-order valence-corrected chi connectivity index (χ4v) is 2.64. The van der Waals surface area contributed by atoms with E-state index >= 15 is 0 Å². The van der Waals surface area contributed by atoms with E-state index in [2.05, 4.69) is 32.2 Å². The molecule has 0 atom stereocenters. The number of hydrogen-bond acceptors (Lipinski definition) is 4. The van der Waals surface area contributed by atoms with Crippen LogP contribution >= 0.6 is 11.3 Å². The highest BCUT2D eigenvalue weighted by atomic mass is 32.1. The van der Waals surface area contributed by atoms with Gasteiger partial charge in [-0.05, 0) is 19.8 Å². The van der Waals surface area contributed by atoms with Crippen molar-refractivity contribution in [1.29, 1.82) is 0 Å². The van der Waals surface area contributed by atoms with Crippen molar-refractivity contribution in [3.63, 3.8) is 0 Å². The lowest BCUT2D eigenvalue weighted by atomic mass is 10.3. The van der Waals surface area contributed by atoms with Gasteiger partial charge in [-0.25, -0.2) is 9.97 Å². The van der Waals surface area contributed by atoms with E-state index < -0.39 is 0 Å². The van der Waals surface area contributed by atoms with E-state index in [0.717, 1.165) is 30.6 Å². The highest BCUT2D eigenvalue weighted by molar-refractivity contribution is 7.09. The lowest BCUT2D eigenvalue weighted by Gasteiger charge is -2.07. The van der Waals surface area contributed by atoms with E-state index in [1.54, 1.807) is 11.3 Å². The fraction of sp³-hybridized carbons (Fsp3) is 0.538. The molecule has 0 bridgehead atoms. The van der Waals surface area contributed by atoms with Crippen LogP contribution in [-0.2, 0) is 19.5 Å². The van der Waals surface area contributed by atoms with E-state index in [9.17, 15) is 0 Å². The third-order valence-corrected chi connectivity index (χ3v) is 4.05. The highest BCUT2D eigenvalue weighted by Gasteiger charge is 2.20. The molecule has 1 saturated carbocycles. The van der Waals surface area contributed by atoms with Gasteiger partial charge in [0.05, 0.1) is 22.7 Å². The van der Waals surface area contributed by atoms with Gasteiger partial charge in [-0.3, -0.25) is 0 Å². The van der Waals surface area contributed by atoms with Gasteiger partial charge in [-0.2, -0.15) is 0 Å². The molecular formula is C13H18N4S. The average Bonchev–Trinajstić information content (AvgIpc) is 2.93. The van der Waals surface area contributed by atoms with Crippen molar-refractivity contribution in [1.82, 2.24) is 19.9 Å². The molecular weight excluding hydrogens is 244 g/mol. The van der Waals surface area contributed by atoms with E-state index in [1.165, 1.54) is 24.2 Å². The first-order valence-corrected chi connectivity index (χ1v) is 7.32. The Bertz CT molecular complexity index is 513. The smallest absolute Gasteiger partial charge is 0.0948 e. The van der Waals surface area contributed by atoms with E-state index in [4.69, 9.17) is 0 Å². The van der Waals surface area contributed by atoms with Crippen LogP contribution in [0.3, 0.4) is 0 Å². The number of imidazole rings is 1. The molecule has 0 spiro atoms. The predicted molar refractivity (Wildman–Crippen MR) is 72.6 cm³/mol. The molecule has 2 heterocycles. The molecule has 0 unspecified atom stereocenters. The van der Waals surface area contributed by atoms with Gasteiger partial charge in [-0.1, -0.05) is 0 Å². The summed E-state index contributed by atoms with van der Waals surface area (Å²) in [7, 11) is 0. The maximum absolute atomic E-state index is 4.49. The van der Waals surface area contributed by atoms with Crippen LogP contribution in [-0.4, -0.2) is 20.6 Å². The molecule has 2 aromatic heterocycles. The molecule has 18 heavy (non-hydrogen) atoms. The van der Waals surface area contributed by atoms with Crippen LogP contribution in [0.5, 0.6) is 0 Å². The molecule has 0 aliphatic heterocycles. The summed E-state index contributed by atoms with van der Waals surface area (Å²) in [6.07, 6.45) is 7.51. The molecule has 0 aromatic carbocycles. The molecule has 1 aliphatic carbocycles. The summed E-state index contributed by atoms with van der Waals surface area (Å²) in [4.78, 5) is 8.74. The van der Waals surface area contributed by atoms with Gasteiger partial charge in [0, 0.05) is 37.1 Å². The van der Waals surface area contributed by atoms with Crippen molar-refractivity contribution in [2.75, 3.05) is 0 Å². The second kappa shape index (κ2) is 5.20. The monoisotopic (exact) mass is 262 g/mol. The van der Waals surface area contributed by atoms with E-state index in [-0.39, 0.29) is 0 Å². The van der Waals surface area contributed by atoms with E-state index in [0.29, 0.717) is 0 Å². The first-order chi connectivity index (χ1) is 8.81. The lowest BCUT2D eigenvalue weighted by molar-refractivity contribution is 0.603. The maximum atomic E-state index is 4.49. The number of nitrogens with zero attached hydrogens (tertiary/aromatic N) is 3. The molecule has 96 valence electrons. The van der Waals surface area contributed by atoms with Crippen LogP contribution in [0.4, 0.5) is 0 Å².